The number of benzene rings is 1. The number of hydrogen-bond acceptors (Lipinski definition) is 2. The van der Waals surface area contributed by atoms with Gasteiger partial charge in [-0.3, -0.25) is 4.79 Å². The Labute approximate surface area is 111 Å². The predicted octanol–water partition coefficient (Wildman–Crippen LogP) is 4.37. The van der Waals surface area contributed by atoms with Crippen molar-refractivity contribution >= 4 is 5.97 Å². The van der Waals surface area contributed by atoms with Gasteiger partial charge in [0.05, 0.1) is 5.41 Å². The average Bonchev–Trinajstić information content (AvgIpc) is 2.15. The largest absolute Gasteiger partial charge is 0.460 e. The van der Waals surface area contributed by atoms with Crippen LogP contribution in [0.15, 0.2) is 30.3 Å². The van der Waals surface area contributed by atoms with Gasteiger partial charge >= 0.3 is 5.97 Å². The minimum Gasteiger partial charge on any atom is -0.460 e. The molecule has 18 heavy (non-hydrogen) atoms. The van der Waals surface area contributed by atoms with E-state index in [0.717, 1.165) is 0 Å². The van der Waals surface area contributed by atoms with E-state index in [1.807, 2.05) is 59.7 Å². The molecule has 0 aromatic heterocycles. The average molecular weight is 250 g/mol. The Morgan fingerprint density at radius 1 is 0.944 bits per heavy atom. The molecule has 0 aliphatic carbocycles. The van der Waals surface area contributed by atoms with Gasteiger partial charge in [-0.05, 0) is 48.5 Å². The first kappa shape index (κ1) is 16.7. The highest BCUT2D eigenvalue weighted by molar-refractivity contribution is 5.75. The smallest absolute Gasteiger partial charge is 0.311 e. The van der Waals surface area contributed by atoms with Gasteiger partial charge in [0.25, 0.3) is 0 Å². The van der Waals surface area contributed by atoms with Crippen LogP contribution < -0.4 is 0 Å². The van der Waals surface area contributed by atoms with Crippen molar-refractivity contribution in [2.75, 3.05) is 0 Å². The molecule has 1 aromatic rings. The molecule has 0 radical (unpaired) electrons. The maximum Gasteiger partial charge on any atom is 0.311 e. The van der Waals surface area contributed by atoms with E-state index in [9.17, 15) is 4.79 Å². The van der Waals surface area contributed by atoms with Gasteiger partial charge in [0.2, 0.25) is 0 Å². The lowest BCUT2D eigenvalue weighted by molar-refractivity contribution is -0.164. The molecule has 0 fully saturated rings. The second-order valence-corrected chi connectivity index (χ2v) is 6.41. The summed E-state index contributed by atoms with van der Waals surface area (Å²) in [7, 11) is 0. The van der Waals surface area contributed by atoms with Gasteiger partial charge in [-0.15, -0.1) is 0 Å². The molecule has 0 atom stereocenters. The second-order valence-electron chi connectivity index (χ2n) is 6.41. The Morgan fingerprint density at radius 3 is 1.56 bits per heavy atom. The van der Waals surface area contributed by atoms with Crippen LogP contribution in [0.25, 0.3) is 0 Å². The number of esters is 1. The van der Waals surface area contributed by atoms with Crippen LogP contribution in [0.4, 0.5) is 0 Å². The molecule has 0 saturated heterocycles. The molecular weight excluding hydrogens is 224 g/mol. The number of hydrogen-bond donors (Lipinski definition) is 0. The zero-order valence-corrected chi connectivity index (χ0v) is 12.7. The molecule has 0 spiro atoms. The van der Waals surface area contributed by atoms with E-state index in [1.54, 1.807) is 0 Å². The van der Waals surface area contributed by atoms with Crippen molar-refractivity contribution < 1.29 is 9.53 Å². The summed E-state index contributed by atoms with van der Waals surface area (Å²) in [5.74, 6) is -0.148. The monoisotopic (exact) mass is 250 g/mol. The third-order valence-corrected chi connectivity index (χ3v) is 1.95. The van der Waals surface area contributed by atoms with Crippen molar-refractivity contribution in [2.24, 2.45) is 5.41 Å². The van der Waals surface area contributed by atoms with Crippen LogP contribution in [-0.4, -0.2) is 11.6 Å². The van der Waals surface area contributed by atoms with Crippen LogP contribution in [0.2, 0.25) is 0 Å². The van der Waals surface area contributed by atoms with Gasteiger partial charge in [0, 0.05) is 0 Å². The Balaban J connectivity index is 0.000000351. The van der Waals surface area contributed by atoms with E-state index < -0.39 is 5.41 Å². The zero-order chi connectivity index (χ0) is 14.4. The van der Waals surface area contributed by atoms with Gasteiger partial charge in [0.1, 0.15) is 5.60 Å². The van der Waals surface area contributed by atoms with Crippen LogP contribution in [0.5, 0.6) is 0 Å². The van der Waals surface area contributed by atoms with E-state index in [1.165, 1.54) is 5.56 Å². The lowest BCUT2D eigenvalue weighted by atomic mass is 9.97. The minimum atomic E-state index is -0.396. The van der Waals surface area contributed by atoms with Gasteiger partial charge in [-0.2, -0.15) is 0 Å². The Hall–Kier alpha value is -1.31. The molecule has 2 heteroatoms. The maximum atomic E-state index is 11.3. The number of carbonyl (C=O) groups is 1. The third kappa shape index (κ3) is 8.80. The zero-order valence-electron chi connectivity index (χ0n) is 12.7. The van der Waals surface area contributed by atoms with Crippen molar-refractivity contribution in [1.82, 2.24) is 0 Å². The van der Waals surface area contributed by atoms with Crippen LogP contribution in [0, 0.1) is 12.3 Å². The lowest BCUT2D eigenvalue weighted by Gasteiger charge is -2.25. The molecular formula is C16H26O2. The maximum absolute atomic E-state index is 11.3. The van der Waals surface area contributed by atoms with Gasteiger partial charge in [-0.25, -0.2) is 0 Å². The molecule has 0 aliphatic rings. The fourth-order valence-electron chi connectivity index (χ4n) is 0.966. The summed E-state index contributed by atoms with van der Waals surface area (Å²) in [6, 6.07) is 10.3. The normalized spacial score (nSPS) is 11.3. The van der Waals surface area contributed by atoms with Crippen molar-refractivity contribution in [3.63, 3.8) is 0 Å². The fourth-order valence-corrected chi connectivity index (χ4v) is 0.966. The van der Waals surface area contributed by atoms with Crippen LogP contribution in [-0.2, 0) is 9.53 Å². The SMILES string of the molecule is CC(C)(C)OC(=O)C(C)(C)C.Cc1ccccc1. The van der Waals surface area contributed by atoms with E-state index in [4.69, 9.17) is 4.74 Å². The lowest BCUT2D eigenvalue weighted by Crippen LogP contribution is -2.31. The summed E-state index contributed by atoms with van der Waals surface area (Å²) in [4.78, 5) is 11.3. The summed E-state index contributed by atoms with van der Waals surface area (Å²) >= 11 is 0. The van der Waals surface area contributed by atoms with Crippen LogP contribution >= 0.6 is 0 Å². The van der Waals surface area contributed by atoms with Crippen molar-refractivity contribution in [3.8, 4) is 0 Å². The summed E-state index contributed by atoms with van der Waals surface area (Å²) in [5, 5.41) is 0. The highest BCUT2D eigenvalue weighted by atomic mass is 16.6. The number of ether oxygens (including phenoxy) is 1. The molecule has 1 rings (SSSR count). The van der Waals surface area contributed by atoms with Gasteiger partial charge in [0.15, 0.2) is 0 Å². The first-order valence-corrected chi connectivity index (χ1v) is 6.27. The van der Waals surface area contributed by atoms with Crippen LogP contribution in [0.1, 0.15) is 47.1 Å². The molecule has 0 N–H and O–H groups in total. The minimum absolute atomic E-state index is 0.148. The molecule has 0 unspecified atom stereocenters. The molecule has 0 amide bonds. The summed E-state index contributed by atoms with van der Waals surface area (Å²) in [5.41, 5.74) is 0.556. The summed E-state index contributed by atoms with van der Waals surface area (Å²) < 4.78 is 5.16. The van der Waals surface area contributed by atoms with E-state index in [0.29, 0.717) is 0 Å². The number of carbonyl (C=O) groups excluding carboxylic acids is 1. The second kappa shape index (κ2) is 6.58. The Kier molecular flexibility index (Phi) is 6.10. The predicted molar refractivity (Wildman–Crippen MR) is 76.5 cm³/mol. The van der Waals surface area contributed by atoms with E-state index >= 15 is 0 Å². The topological polar surface area (TPSA) is 26.3 Å². The molecule has 0 aliphatic heterocycles. The molecule has 102 valence electrons. The fraction of sp³-hybridized carbons (Fsp3) is 0.562. The quantitative estimate of drug-likeness (QED) is 0.639. The van der Waals surface area contributed by atoms with E-state index in [-0.39, 0.29) is 11.6 Å². The standard InChI is InChI=1S/C9H18O2.C7H8/c1-8(2,3)7(10)11-9(4,5)6;1-7-5-3-2-4-6-7/h1-6H3;2-6H,1H3. The molecule has 1 aromatic carbocycles. The Bertz CT molecular complexity index is 353. The number of aryl methyl sites for hydroxylation is 1. The summed E-state index contributed by atoms with van der Waals surface area (Å²) in [6.45, 7) is 13.2. The van der Waals surface area contributed by atoms with Crippen LogP contribution in [0.3, 0.4) is 0 Å². The van der Waals surface area contributed by atoms with Crippen molar-refractivity contribution in [2.45, 2.75) is 54.1 Å². The third-order valence-electron chi connectivity index (χ3n) is 1.95. The van der Waals surface area contributed by atoms with Crippen molar-refractivity contribution in [3.05, 3.63) is 35.9 Å². The molecule has 0 heterocycles. The summed E-state index contributed by atoms with van der Waals surface area (Å²) in [6.07, 6.45) is 0. The van der Waals surface area contributed by atoms with Gasteiger partial charge < -0.3 is 4.74 Å². The first-order valence-electron chi connectivity index (χ1n) is 6.27. The first-order chi connectivity index (χ1) is 8.02. The molecule has 0 saturated carbocycles. The van der Waals surface area contributed by atoms with Crippen molar-refractivity contribution in [1.29, 1.82) is 0 Å². The number of rotatable bonds is 0. The molecule has 2 nitrogen and oxygen atoms in total. The van der Waals surface area contributed by atoms with E-state index in [2.05, 4.69) is 19.1 Å². The highest BCUT2D eigenvalue weighted by Gasteiger charge is 2.27. The molecule has 0 bridgehead atoms. The Morgan fingerprint density at radius 2 is 1.39 bits per heavy atom. The van der Waals surface area contributed by atoms with Gasteiger partial charge in [-0.1, -0.05) is 35.9 Å². The highest BCUT2D eigenvalue weighted by Crippen LogP contribution is 2.19.